The molecule has 0 bridgehead atoms. The van der Waals surface area contributed by atoms with Crippen molar-refractivity contribution in [2.75, 3.05) is 5.01 Å². The van der Waals surface area contributed by atoms with Gasteiger partial charge in [-0.3, -0.25) is 9.59 Å². The number of rotatable bonds is 3. The molecule has 5 nitrogen and oxygen atoms in total. The van der Waals surface area contributed by atoms with Gasteiger partial charge >= 0.3 is 0 Å². The predicted molar refractivity (Wildman–Crippen MR) is 119 cm³/mol. The maximum Gasteiger partial charge on any atom is 0.285 e. The number of fused-ring (bicyclic) bond motifs is 1. The van der Waals surface area contributed by atoms with Gasteiger partial charge in [-0.15, -0.1) is 0 Å². The summed E-state index contributed by atoms with van der Waals surface area (Å²) in [6, 6.07) is 14.7. The van der Waals surface area contributed by atoms with Crippen LogP contribution < -0.4 is 5.01 Å². The zero-order chi connectivity index (χ0) is 19.8. The van der Waals surface area contributed by atoms with Crippen LogP contribution in [0.1, 0.15) is 12.5 Å². The number of anilines is 1. The van der Waals surface area contributed by atoms with Gasteiger partial charge in [-0.05, 0) is 48.1 Å². The average molecular weight is 446 g/mol. The molecule has 0 atom stereocenters. The lowest BCUT2D eigenvalue weighted by Gasteiger charge is -2.26. The molecule has 0 aliphatic carbocycles. The number of aromatic nitrogens is 1. The number of thiocarbonyl (C=S) groups is 1. The molecule has 4 rings (SSSR count). The van der Waals surface area contributed by atoms with Crippen LogP contribution in [0.15, 0.2) is 53.4 Å². The minimum Gasteiger partial charge on any atom is -0.273 e. The molecule has 2 amide bonds. The Morgan fingerprint density at radius 1 is 1.21 bits per heavy atom. The molecule has 9 heteroatoms. The van der Waals surface area contributed by atoms with Gasteiger partial charge in [-0.1, -0.05) is 59.0 Å². The summed E-state index contributed by atoms with van der Waals surface area (Å²) in [5.41, 5.74) is 1.58. The van der Waals surface area contributed by atoms with E-state index in [4.69, 9.17) is 23.8 Å². The molecule has 3 aromatic rings. The summed E-state index contributed by atoms with van der Waals surface area (Å²) in [5.74, 6) is -0.706. The van der Waals surface area contributed by atoms with Crippen LogP contribution in [-0.2, 0) is 9.59 Å². The van der Waals surface area contributed by atoms with Crippen LogP contribution in [0.4, 0.5) is 5.13 Å². The number of amides is 2. The van der Waals surface area contributed by atoms with Crippen LogP contribution in [0, 0.1) is 0 Å². The lowest BCUT2D eigenvalue weighted by Crippen LogP contribution is -2.48. The highest BCUT2D eigenvalue weighted by atomic mass is 35.5. The van der Waals surface area contributed by atoms with E-state index in [0.29, 0.717) is 15.1 Å². The third-order valence-corrected chi connectivity index (χ3v) is 6.45. The van der Waals surface area contributed by atoms with Gasteiger partial charge in [0.05, 0.1) is 15.1 Å². The largest absolute Gasteiger partial charge is 0.285 e. The summed E-state index contributed by atoms with van der Waals surface area (Å²) in [6.07, 6.45) is 1.73. The number of para-hydroxylation sites is 1. The summed E-state index contributed by atoms with van der Waals surface area (Å²) in [4.78, 5) is 30.3. The molecule has 1 aliphatic rings. The standard InChI is InChI=1S/C19H12ClN3O2S3/c1-11(24)22(18-21-14-4-2-3-5-15(14)27-18)23-17(25)16(28-19(23)26)10-12-6-8-13(20)9-7-12/h2-10H,1H3/b16-10-. The van der Waals surface area contributed by atoms with E-state index in [1.807, 2.05) is 36.4 Å². The van der Waals surface area contributed by atoms with Crippen molar-refractivity contribution in [2.24, 2.45) is 0 Å². The van der Waals surface area contributed by atoms with Gasteiger partial charge in [-0.2, -0.15) is 10.0 Å². The van der Waals surface area contributed by atoms with Crippen molar-refractivity contribution in [1.82, 2.24) is 9.99 Å². The highest BCUT2D eigenvalue weighted by Gasteiger charge is 2.39. The third kappa shape index (κ3) is 3.56. The minimum absolute atomic E-state index is 0.277. The summed E-state index contributed by atoms with van der Waals surface area (Å²) >= 11 is 13.8. The van der Waals surface area contributed by atoms with Gasteiger partial charge in [0.1, 0.15) is 0 Å². The molecule has 0 spiro atoms. The molecule has 0 unspecified atom stereocenters. The van der Waals surface area contributed by atoms with E-state index in [1.54, 1.807) is 18.2 Å². The number of hydrogen-bond donors (Lipinski definition) is 0. The van der Waals surface area contributed by atoms with Crippen molar-refractivity contribution in [3.8, 4) is 0 Å². The zero-order valence-electron chi connectivity index (χ0n) is 14.5. The molecular formula is C19H12ClN3O2S3. The highest BCUT2D eigenvalue weighted by molar-refractivity contribution is 8.26. The Hall–Kier alpha value is -2.26. The number of hydrazine groups is 1. The van der Waals surface area contributed by atoms with Gasteiger partial charge < -0.3 is 0 Å². The molecule has 1 aliphatic heterocycles. The van der Waals surface area contributed by atoms with Crippen molar-refractivity contribution >= 4 is 84.5 Å². The van der Waals surface area contributed by atoms with E-state index in [1.165, 1.54) is 28.3 Å². The summed E-state index contributed by atoms with van der Waals surface area (Å²) < 4.78 is 1.20. The Morgan fingerprint density at radius 3 is 2.61 bits per heavy atom. The van der Waals surface area contributed by atoms with E-state index in [2.05, 4.69) is 4.98 Å². The SMILES string of the molecule is CC(=O)N(c1nc2ccccc2s1)N1C(=O)/C(=C/c2ccc(Cl)cc2)SC1=S. The zero-order valence-corrected chi connectivity index (χ0v) is 17.7. The second-order valence-corrected chi connectivity index (χ2v) is 8.96. The molecule has 28 heavy (non-hydrogen) atoms. The second-order valence-electron chi connectivity index (χ2n) is 5.84. The molecule has 0 N–H and O–H groups in total. The van der Waals surface area contributed by atoms with Gasteiger partial charge in [0.2, 0.25) is 11.0 Å². The number of carbonyl (C=O) groups is 2. The van der Waals surface area contributed by atoms with E-state index < -0.39 is 0 Å². The smallest absolute Gasteiger partial charge is 0.273 e. The first-order chi connectivity index (χ1) is 13.4. The first-order valence-corrected chi connectivity index (χ1v) is 10.6. The number of nitrogens with zero attached hydrogens (tertiary/aromatic N) is 3. The van der Waals surface area contributed by atoms with Crippen LogP contribution in [0.2, 0.25) is 5.02 Å². The van der Waals surface area contributed by atoms with Crippen LogP contribution >= 0.6 is 46.9 Å². The third-order valence-electron chi connectivity index (χ3n) is 3.90. The molecule has 1 aromatic heterocycles. The average Bonchev–Trinajstić information content (AvgIpc) is 3.20. The van der Waals surface area contributed by atoms with Crippen LogP contribution in [0.5, 0.6) is 0 Å². The first-order valence-electron chi connectivity index (χ1n) is 8.14. The Labute approximate surface area is 179 Å². The van der Waals surface area contributed by atoms with Crippen molar-refractivity contribution in [2.45, 2.75) is 6.92 Å². The highest BCUT2D eigenvalue weighted by Crippen LogP contribution is 2.37. The molecule has 0 saturated carbocycles. The molecule has 2 aromatic carbocycles. The van der Waals surface area contributed by atoms with Gasteiger partial charge in [0.15, 0.2) is 4.32 Å². The maximum absolute atomic E-state index is 13.0. The quantitative estimate of drug-likeness (QED) is 0.413. The second kappa shape index (κ2) is 7.63. The monoisotopic (exact) mass is 445 g/mol. The molecule has 2 heterocycles. The predicted octanol–water partition coefficient (Wildman–Crippen LogP) is 5.12. The fraction of sp³-hybridized carbons (Fsp3) is 0.0526. The van der Waals surface area contributed by atoms with Crippen molar-refractivity contribution in [3.05, 3.63) is 64.0 Å². The van der Waals surface area contributed by atoms with Crippen molar-refractivity contribution in [3.63, 3.8) is 0 Å². The minimum atomic E-state index is -0.362. The number of hydrogen-bond acceptors (Lipinski definition) is 6. The van der Waals surface area contributed by atoms with E-state index in [0.717, 1.165) is 27.5 Å². The van der Waals surface area contributed by atoms with E-state index >= 15 is 0 Å². The van der Waals surface area contributed by atoms with Crippen LogP contribution in [0.25, 0.3) is 16.3 Å². The van der Waals surface area contributed by atoms with E-state index in [9.17, 15) is 9.59 Å². The molecule has 140 valence electrons. The van der Waals surface area contributed by atoms with Gasteiger partial charge in [-0.25, -0.2) is 4.98 Å². The van der Waals surface area contributed by atoms with Crippen molar-refractivity contribution < 1.29 is 9.59 Å². The molecular weight excluding hydrogens is 434 g/mol. The maximum atomic E-state index is 13.0. The lowest BCUT2D eigenvalue weighted by molar-refractivity contribution is -0.128. The number of thiazole rings is 1. The fourth-order valence-electron chi connectivity index (χ4n) is 2.65. The Kier molecular flexibility index (Phi) is 5.20. The fourth-order valence-corrected chi connectivity index (χ4v) is 5.02. The Balaban J connectivity index is 1.71. The van der Waals surface area contributed by atoms with Gasteiger partial charge in [0, 0.05) is 11.9 Å². The Morgan fingerprint density at radius 2 is 1.93 bits per heavy atom. The van der Waals surface area contributed by atoms with Gasteiger partial charge in [0.25, 0.3) is 5.91 Å². The lowest BCUT2D eigenvalue weighted by atomic mass is 10.2. The topological polar surface area (TPSA) is 53.5 Å². The first kappa shape index (κ1) is 19.1. The van der Waals surface area contributed by atoms with Crippen LogP contribution in [0.3, 0.4) is 0 Å². The van der Waals surface area contributed by atoms with Crippen molar-refractivity contribution in [1.29, 1.82) is 0 Å². The molecule has 1 saturated heterocycles. The number of thioether (sulfide) groups is 1. The van der Waals surface area contributed by atoms with Crippen LogP contribution in [-0.4, -0.2) is 26.1 Å². The summed E-state index contributed by atoms with van der Waals surface area (Å²) in [6.45, 7) is 1.38. The summed E-state index contributed by atoms with van der Waals surface area (Å²) in [5, 5.41) is 3.47. The number of halogens is 1. The molecule has 1 fully saturated rings. The summed E-state index contributed by atoms with van der Waals surface area (Å²) in [7, 11) is 0. The number of carbonyl (C=O) groups excluding carboxylic acids is 2. The normalized spacial score (nSPS) is 15.6. The molecule has 0 radical (unpaired) electrons. The Bertz CT molecular complexity index is 1110. The number of benzene rings is 2. The van der Waals surface area contributed by atoms with E-state index in [-0.39, 0.29) is 16.1 Å².